The molecule has 8 nitrogen and oxygen atoms in total. The van der Waals surface area contributed by atoms with Gasteiger partial charge >= 0.3 is 13.8 Å². The predicted molar refractivity (Wildman–Crippen MR) is 238 cm³/mol. The molecule has 2 atom stereocenters. The summed E-state index contributed by atoms with van der Waals surface area (Å²) < 4.78 is 33.6. The van der Waals surface area contributed by atoms with E-state index in [4.69, 9.17) is 24.3 Å². The van der Waals surface area contributed by atoms with E-state index in [1.54, 1.807) is 0 Å². The number of rotatable bonds is 48. The fourth-order valence-corrected chi connectivity index (χ4v) is 8.18. The molecule has 0 aromatic heterocycles. The van der Waals surface area contributed by atoms with Gasteiger partial charge in [-0.2, -0.15) is 0 Å². The van der Waals surface area contributed by atoms with Gasteiger partial charge in [0, 0.05) is 19.6 Å². The maximum atomic E-state index is 12.6. The molecule has 0 amide bonds. The van der Waals surface area contributed by atoms with E-state index >= 15 is 0 Å². The van der Waals surface area contributed by atoms with Crippen LogP contribution in [-0.4, -0.2) is 49.9 Å². The van der Waals surface area contributed by atoms with Crippen LogP contribution in [0.15, 0.2) is 0 Å². The molecule has 336 valence electrons. The summed E-state index contributed by atoms with van der Waals surface area (Å²) in [6.45, 7) is 5.00. The molecular weight excluding hydrogens is 721 g/mol. The second-order valence-corrected chi connectivity index (χ2v) is 18.2. The number of ether oxygens (including phenoxy) is 2. The normalized spacial score (nSPS) is 13.3. The van der Waals surface area contributed by atoms with Crippen LogP contribution in [0, 0.1) is 0 Å². The molecule has 1 unspecified atom stereocenters. The smallest absolute Gasteiger partial charge is 0.457 e. The fraction of sp³-hybridized carbons (Fsp3) is 0.979. The van der Waals surface area contributed by atoms with E-state index in [0.717, 1.165) is 32.1 Å². The zero-order chi connectivity index (χ0) is 40.9. The van der Waals surface area contributed by atoms with Crippen molar-refractivity contribution in [1.29, 1.82) is 0 Å². The Hall–Kier alpha value is -0.500. The van der Waals surface area contributed by atoms with Gasteiger partial charge in [0.05, 0.1) is 19.8 Å². The maximum absolute atomic E-state index is 12.6. The Bertz CT molecular complexity index is 832. The molecule has 0 aromatic carbocycles. The molecule has 0 saturated carbocycles. The van der Waals surface area contributed by atoms with Crippen LogP contribution in [0.25, 0.3) is 0 Å². The molecule has 0 heterocycles. The summed E-state index contributed by atoms with van der Waals surface area (Å²) in [6, 6.07) is 0. The van der Waals surface area contributed by atoms with Crippen LogP contribution in [0.4, 0.5) is 0 Å². The third-order valence-corrected chi connectivity index (χ3v) is 12.0. The van der Waals surface area contributed by atoms with Gasteiger partial charge in [0.1, 0.15) is 6.10 Å². The van der Waals surface area contributed by atoms with Crippen LogP contribution in [0.1, 0.15) is 258 Å². The van der Waals surface area contributed by atoms with Crippen LogP contribution < -0.4 is 5.73 Å². The van der Waals surface area contributed by atoms with Crippen LogP contribution in [0.3, 0.4) is 0 Å². The van der Waals surface area contributed by atoms with Crippen LogP contribution in [-0.2, 0) is 27.9 Å². The zero-order valence-corrected chi connectivity index (χ0v) is 38.3. The van der Waals surface area contributed by atoms with Gasteiger partial charge < -0.3 is 20.1 Å². The van der Waals surface area contributed by atoms with Crippen LogP contribution >= 0.6 is 7.82 Å². The standard InChI is InChI=1S/C47H96NO7P/c1-3-5-7-9-11-13-15-17-19-21-23-24-26-28-30-32-34-36-38-40-47(49)55-46(45-54-56(50,51)53-43-41-48)44-52-42-39-37-35-33-31-29-27-25-22-20-18-16-14-12-10-8-6-4-2/h46H,3-45,48H2,1-2H3,(H,50,51)/t46-/m1/s1. The second-order valence-electron chi connectivity index (χ2n) is 16.7. The number of carbonyl (C=O) groups is 1. The molecule has 0 fully saturated rings. The van der Waals surface area contributed by atoms with E-state index in [-0.39, 0.29) is 32.3 Å². The summed E-state index contributed by atoms with van der Waals surface area (Å²) in [5, 5.41) is 0. The minimum Gasteiger partial charge on any atom is -0.457 e. The van der Waals surface area contributed by atoms with Crippen molar-refractivity contribution in [2.45, 2.75) is 264 Å². The lowest BCUT2D eigenvalue weighted by Crippen LogP contribution is -2.28. The topological polar surface area (TPSA) is 117 Å². The Morgan fingerprint density at radius 3 is 1.12 bits per heavy atom. The SMILES string of the molecule is CCCCCCCCCCCCCCCCCCCCCC(=O)O[C@H](COCCCCCCCCCCCCCCCCCCCC)COP(=O)(O)OCCN. The Morgan fingerprint density at radius 2 is 0.786 bits per heavy atom. The van der Waals surface area contributed by atoms with Gasteiger partial charge in [-0.1, -0.05) is 239 Å². The number of phosphoric ester groups is 1. The Kier molecular flexibility index (Phi) is 45.2. The number of phosphoric acid groups is 1. The molecule has 0 aliphatic rings. The first-order chi connectivity index (χ1) is 27.4. The van der Waals surface area contributed by atoms with E-state index < -0.39 is 13.9 Å². The first-order valence-electron chi connectivity index (χ1n) is 24.5. The zero-order valence-electron chi connectivity index (χ0n) is 37.4. The lowest BCUT2D eigenvalue weighted by atomic mass is 10.0. The number of esters is 1. The van der Waals surface area contributed by atoms with Crippen molar-refractivity contribution >= 4 is 13.8 Å². The first-order valence-corrected chi connectivity index (χ1v) is 26.0. The lowest BCUT2D eigenvalue weighted by molar-refractivity contribution is -0.154. The minimum absolute atomic E-state index is 0.0898. The van der Waals surface area contributed by atoms with E-state index in [9.17, 15) is 14.3 Å². The summed E-state index contributed by atoms with van der Waals surface area (Å²) in [5.74, 6) is -0.321. The molecule has 9 heteroatoms. The molecule has 0 rings (SSSR count). The molecule has 0 aliphatic heterocycles. The van der Waals surface area contributed by atoms with Crippen LogP contribution in [0.2, 0.25) is 0 Å². The molecule has 0 aliphatic carbocycles. The number of hydrogen-bond acceptors (Lipinski definition) is 7. The minimum atomic E-state index is -4.27. The second kappa shape index (κ2) is 45.6. The highest BCUT2D eigenvalue weighted by molar-refractivity contribution is 7.47. The summed E-state index contributed by atoms with van der Waals surface area (Å²) in [6.07, 6.45) is 48.4. The maximum Gasteiger partial charge on any atom is 0.472 e. The highest BCUT2D eigenvalue weighted by Crippen LogP contribution is 2.43. The van der Waals surface area contributed by atoms with Crippen molar-refractivity contribution in [1.82, 2.24) is 0 Å². The number of carbonyl (C=O) groups excluding carboxylic acids is 1. The van der Waals surface area contributed by atoms with Crippen molar-refractivity contribution in [3.63, 3.8) is 0 Å². The third kappa shape index (κ3) is 44.6. The molecular formula is C47H96NO7P. The van der Waals surface area contributed by atoms with Gasteiger partial charge in [0.2, 0.25) is 0 Å². The average molecular weight is 818 g/mol. The number of unbranched alkanes of at least 4 members (excludes halogenated alkanes) is 35. The largest absolute Gasteiger partial charge is 0.472 e. The number of hydrogen-bond donors (Lipinski definition) is 2. The van der Waals surface area contributed by atoms with E-state index in [1.807, 2.05) is 0 Å². The van der Waals surface area contributed by atoms with Crippen molar-refractivity contribution in [2.24, 2.45) is 5.73 Å². The molecule has 0 saturated heterocycles. The number of nitrogens with two attached hydrogens (primary N) is 1. The average Bonchev–Trinajstić information content (AvgIpc) is 3.19. The Balaban J connectivity index is 3.90. The van der Waals surface area contributed by atoms with Crippen molar-refractivity contribution in [2.75, 3.05) is 33.0 Å². The third-order valence-electron chi connectivity index (χ3n) is 11.0. The highest BCUT2D eigenvalue weighted by atomic mass is 31.2. The monoisotopic (exact) mass is 818 g/mol. The predicted octanol–water partition coefficient (Wildman–Crippen LogP) is 14.9. The van der Waals surface area contributed by atoms with Crippen LogP contribution in [0.5, 0.6) is 0 Å². The van der Waals surface area contributed by atoms with Gasteiger partial charge in [-0.05, 0) is 12.8 Å². The summed E-state index contributed by atoms with van der Waals surface area (Å²) in [4.78, 5) is 22.6. The molecule has 3 N–H and O–H groups in total. The van der Waals surface area contributed by atoms with E-state index in [2.05, 4.69) is 13.8 Å². The van der Waals surface area contributed by atoms with E-state index in [1.165, 1.54) is 205 Å². The van der Waals surface area contributed by atoms with Crippen molar-refractivity contribution < 1.29 is 32.8 Å². The molecule has 0 radical (unpaired) electrons. The van der Waals surface area contributed by atoms with E-state index in [0.29, 0.717) is 13.0 Å². The quantitative estimate of drug-likeness (QED) is 0.0354. The Labute approximate surface area is 348 Å². The van der Waals surface area contributed by atoms with Gasteiger partial charge in [-0.15, -0.1) is 0 Å². The summed E-state index contributed by atoms with van der Waals surface area (Å²) >= 11 is 0. The molecule has 0 bridgehead atoms. The van der Waals surface area contributed by atoms with Gasteiger partial charge in [0.25, 0.3) is 0 Å². The summed E-state index contributed by atoms with van der Waals surface area (Å²) in [5.41, 5.74) is 5.38. The van der Waals surface area contributed by atoms with Gasteiger partial charge in [-0.25, -0.2) is 4.57 Å². The van der Waals surface area contributed by atoms with Gasteiger partial charge in [-0.3, -0.25) is 13.8 Å². The molecule has 56 heavy (non-hydrogen) atoms. The lowest BCUT2D eigenvalue weighted by Gasteiger charge is -2.20. The van der Waals surface area contributed by atoms with Gasteiger partial charge in [0.15, 0.2) is 0 Å². The molecule has 0 aromatic rings. The van der Waals surface area contributed by atoms with Crippen molar-refractivity contribution in [3.8, 4) is 0 Å². The molecule has 0 spiro atoms. The van der Waals surface area contributed by atoms with Crippen molar-refractivity contribution in [3.05, 3.63) is 0 Å². The summed E-state index contributed by atoms with van der Waals surface area (Å²) in [7, 11) is -4.27. The fourth-order valence-electron chi connectivity index (χ4n) is 7.41. The first kappa shape index (κ1) is 55.5. The Morgan fingerprint density at radius 1 is 0.464 bits per heavy atom. The highest BCUT2D eigenvalue weighted by Gasteiger charge is 2.25.